The molecule has 3 heteroatoms. The standard InChI is InChI=1S/C11H12N2O/c12-10-1-3-11(4-2-10)13-7-9-5-6-14-8-9/h1-6,8,13H,7,12H2. The minimum Gasteiger partial charge on any atom is -0.472 e. The molecule has 1 heterocycles. The van der Waals surface area contributed by atoms with Gasteiger partial charge in [-0.25, -0.2) is 0 Å². The van der Waals surface area contributed by atoms with Crippen LogP contribution in [0.4, 0.5) is 11.4 Å². The van der Waals surface area contributed by atoms with Crippen molar-refractivity contribution in [1.29, 1.82) is 0 Å². The number of hydrogen-bond donors (Lipinski definition) is 2. The molecule has 0 aliphatic carbocycles. The highest BCUT2D eigenvalue weighted by molar-refractivity contribution is 5.51. The van der Waals surface area contributed by atoms with Crippen LogP contribution in [0.25, 0.3) is 0 Å². The summed E-state index contributed by atoms with van der Waals surface area (Å²) < 4.78 is 4.96. The lowest BCUT2D eigenvalue weighted by Gasteiger charge is -2.04. The van der Waals surface area contributed by atoms with Gasteiger partial charge >= 0.3 is 0 Å². The van der Waals surface area contributed by atoms with E-state index in [-0.39, 0.29) is 0 Å². The molecule has 1 aromatic carbocycles. The van der Waals surface area contributed by atoms with Gasteiger partial charge in [0.05, 0.1) is 12.5 Å². The van der Waals surface area contributed by atoms with E-state index >= 15 is 0 Å². The van der Waals surface area contributed by atoms with E-state index in [1.807, 2.05) is 30.3 Å². The largest absolute Gasteiger partial charge is 0.472 e. The van der Waals surface area contributed by atoms with Gasteiger partial charge in [0, 0.05) is 23.5 Å². The van der Waals surface area contributed by atoms with Gasteiger partial charge in [-0.2, -0.15) is 0 Å². The number of nitrogens with two attached hydrogens (primary N) is 1. The lowest BCUT2D eigenvalue weighted by Crippen LogP contribution is -1.97. The number of nitrogens with one attached hydrogen (secondary N) is 1. The van der Waals surface area contributed by atoms with Crippen molar-refractivity contribution < 1.29 is 4.42 Å². The maximum Gasteiger partial charge on any atom is 0.0952 e. The Hall–Kier alpha value is -1.90. The Labute approximate surface area is 82.5 Å². The van der Waals surface area contributed by atoms with E-state index in [9.17, 15) is 0 Å². The first-order chi connectivity index (χ1) is 6.84. The lowest BCUT2D eigenvalue weighted by atomic mass is 10.2. The van der Waals surface area contributed by atoms with Crippen LogP contribution in [0, 0.1) is 0 Å². The second kappa shape index (κ2) is 3.87. The van der Waals surface area contributed by atoms with Gasteiger partial charge in [-0.3, -0.25) is 0 Å². The van der Waals surface area contributed by atoms with Gasteiger partial charge in [0.1, 0.15) is 0 Å². The summed E-state index contributed by atoms with van der Waals surface area (Å²) in [4.78, 5) is 0. The molecule has 0 radical (unpaired) electrons. The molecular weight excluding hydrogens is 176 g/mol. The number of rotatable bonds is 3. The molecule has 0 atom stereocenters. The van der Waals surface area contributed by atoms with Gasteiger partial charge in [0.15, 0.2) is 0 Å². The minimum atomic E-state index is 0.764. The third-order valence-corrected chi connectivity index (χ3v) is 1.99. The molecule has 0 amide bonds. The predicted molar refractivity (Wildman–Crippen MR) is 56.9 cm³/mol. The molecule has 72 valence electrons. The average Bonchev–Trinajstić information content (AvgIpc) is 2.70. The Morgan fingerprint density at radius 2 is 1.93 bits per heavy atom. The molecule has 0 aliphatic rings. The van der Waals surface area contributed by atoms with Crippen LogP contribution >= 0.6 is 0 Å². The van der Waals surface area contributed by atoms with Gasteiger partial charge in [-0.1, -0.05) is 0 Å². The molecule has 0 fully saturated rings. The van der Waals surface area contributed by atoms with Crippen LogP contribution in [0.5, 0.6) is 0 Å². The van der Waals surface area contributed by atoms with E-state index in [4.69, 9.17) is 10.2 Å². The topological polar surface area (TPSA) is 51.2 Å². The molecule has 3 N–H and O–H groups in total. The van der Waals surface area contributed by atoms with Crippen LogP contribution in [0.2, 0.25) is 0 Å². The second-order valence-electron chi connectivity index (χ2n) is 3.11. The Kier molecular flexibility index (Phi) is 2.40. The quantitative estimate of drug-likeness (QED) is 0.727. The first-order valence-corrected chi connectivity index (χ1v) is 4.45. The summed E-state index contributed by atoms with van der Waals surface area (Å²) >= 11 is 0. The molecule has 0 aliphatic heterocycles. The van der Waals surface area contributed by atoms with Crippen molar-refractivity contribution in [2.24, 2.45) is 0 Å². The molecular formula is C11H12N2O. The summed E-state index contributed by atoms with van der Waals surface area (Å²) in [6.07, 6.45) is 3.39. The third kappa shape index (κ3) is 2.07. The van der Waals surface area contributed by atoms with E-state index in [1.54, 1.807) is 12.5 Å². The fourth-order valence-electron chi connectivity index (χ4n) is 1.20. The van der Waals surface area contributed by atoms with Gasteiger partial charge in [-0.15, -0.1) is 0 Å². The van der Waals surface area contributed by atoms with E-state index in [0.717, 1.165) is 23.5 Å². The van der Waals surface area contributed by atoms with Gasteiger partial charge in [0.25, 0.3) is 0 Å². The Bertz CT molecular complexity index is 378. The van der Waals surface area contributed by atoms with Gasteiger partial charge in [-0.05, 0) is 30.3 Å². The Morgan fingerprint density at radius 3 is 2.57 bits per heavy atom. The molecule has 2 rings (SSSR count). The zero-order chi connectivity index (χ0) is 9.80. The zero-order valence-electron chi connectivity index (χ0n) is 7.73. The maximum atomic E-state index is 5.57. The fraction of sp³-hybridized carbons (Fsp3) is 0.0909. The van der Waals surface area contributed by atoms with Crippen LogP contribution in [0.1, 0.15) is 5.56 Å². The van der Waals surface area contributed by atoms with Crippen LogP contribution < -0.4 is 11.1 Å². The molecule has 1 aromatic heterocycles. The van der Waals surface area contributed by atoms with Crippen molar-refractivity contribution in [3.63, 3.8) is 0 Å². The van der Waals surface area contributed by atoms with Crippen LogP contribution in [0.3, 0.4) is 0 Å². The van der Waals surface area contributed by atoms with Gasteiger partial charge in [0.2, 0.25) is 0 Å². The van der Waals surface area contributed by atoms with E-state index < -0.39 is 0 Å². The lowest BCUT2D eigenvalue weighted by molar-refractivity contribution is 0.564. The smallest absolute Gasteiger partial charge is 0.0952 e. The molecule has 0 unspecified atom stereocenters. The van der Waals surface area contributed by atoms with E-state index in [2.05, 4.69) is 5.32 Å². The number of furan rings is 1. The fourth-order valence-corrected chi connectivity index (χ4v) is 1.20. The SMILES string of the molecule is Nc1ccc(NCc2ccoc2)cc1. The van der Waals surface area contributed by atoms with Crippen molar-refractivity contribution in [2.75, 3.05) is 11.1 Å². The monoisotopic (exact) mass is 188 g/mol. The number of nitrogen functional groups attached to an aromatic ring is 1. The summed E-state index contributed by atoms with van der Waals surface area (Å²) in [5.74, 6) is 0. The van der Waals surface area contributed by atoms with E-state index in [0.29, 0.717) is 0 Å². The summed E-state index contributed by atoms with van der Waals surface area (Å²) in [5.41, 5.74) is 8.53. The number of hydrogen-bond acceptors (Lipinski definition) is 3. The van der Waals surface area contributed by atoms with Crippen LogP contribution in [-0.4, -0.2) is 0 Å². The minimum absolute atomic E-state index is 0.764. The number of benzene rings is 1. The van der Waals surface area contributed by atoms with E-state index in [1.165, 1.54) is 0 Å². The molecule has 2 aromatic rings. The molecule has 0 saturated heterocycles. The first-order valence-electron chi connectivity index (χ1n) is 4.45. The first kappa shape index (κ1) is 8.69. The Morgan fingerprint density at radius 1 is 1.14 bits per heavy atom. The van der Waals surface area contributed by atoms with Crippen LogP contribution in [0.15, 0.2) is 47.3 Å². The van der Waals surface area contributed by atoms with Crippen molar-refractivity contribution in [3.8, 4) is 0 Å². The van der Waals surface area contributed by atoms with Crippen molar-refractivity contribution >= 4 is 11.4 Å². The van der Waals surface area contributed by atoms with Crippen LogP contribution in [-0.2, 0) is 6.54 Å². The third-order valence-electron chi connectivity index (χ3n) is 1.99. The normalized spacial score (nSPS) is 10.0. The summed E-state index contributed by atoms with van der Waals surface area (Å²) in [6, 6.07) is 9.59. The average molecular weight is 188 g/mol. The molecule has 0 bridgehead atoms. The molecule has 0 saturated carbocycles. The molecule has 0 spiro atoms. The summed E-state index contributed by atoms with van der Waals surface area (Å²) in [5, 5.41) is 3.26. The van der Waals surface area contributed by atoms with Crippen molar-refractivity contribution in [1.82, 2.24) is 0 Å². The zero-order valence-corrected chi connectivity index (χ0v) is 7.73. The maximum absolute atomic E-state index is 5.57. The highest BCUT2D eigenvalue weighted by atomic mass is 16.3. The Balaban J connectivity index is 1.95. The summed E-state index contributed by atoms with van der Waals surface area (Å²) in [7, 11) is 0. The predicted octanol–water partition coefficient (Wildman–Crippen LogP) is 2.47. The highest BCUT2D eigenvalue weighted by Gasteiger charge is 1.94. The summed E-state index contributed by atoms with van der Waals surface area (Å²) in [6.45, 7) is 0.764. The molecule has 3 nitrogen and oxygen atoms in total. The second-order valence-corrected chi connectivity index (χ2v) is 3.11. The van der Waals surface area contributed by atoms with Gasteiger partial charge < -0.3 is 15.5 Å². The highest BCUT2D eigenvalue weighted by Crippen LogP contribution is 2.12. The molecule has 14 heavy (non-hydrogen) atoms. The van der Waals surface area contributed by atoms with Crippen molar-refractivity contribution in [2.45, 2.75) is 6.54 Å². The van der Waals surface area contributed by atoms with Crippen molar-refractivity contribution in [3.05, 3.63) is 48.4 Å². The number of anilines is 2.